The summed E-state index contributed by atoms with van der Waals surface area (Å²) in [7, 11) is 0. The van der Waals surface area contributed by atoms with E-state index in [9.17, 15) is 9.59 Å². The smallest absolute Gasteiger partial charge is 0.297 e. The number of ether oxygens (including phenoxy) is 1. The molecule has 0 bridgehead atoms. The molecule has 8 nitrogen and oxygen atoms in total. The number of benzene rings is 4. The lowest BCUT2D eigenvalue weighted by atomic mass is 9.84. The van der Waals surface area contributed by atoms with Crippen molar-refractivity contribution in [3.05, 3.63) is 128 Å². The van der Waals surface area contributed by atoms with Gasteiger partial charge in [0.05, 0.1) is 40.0 Å². The number of carbonyl (C=O) groups excluding carboxylic acids is 2. The molecule has 2 aliphatic heterocycles. The van der Waals surface area contributed by atoms with Crippen LogP contribution in [0.25, 0.3) is 21.2 Å². The predicted octanol–water partition coefficient (Wildman–Crippen LogP) is 7.21. The molecular weight excluding hydrogens is 610 g/mol. The third kappa shape index (κ3) is 3.90. The zero-order valence-corrected chi connectivity index (χ0v) is 25.7. The molecular formula is C35H24ClN3O5S. The normalized spacial score (nSPS) is 17.1. The second-order valence-corrected chi connectivity index (χ2v) is 12.5. The Morgan fingerprint density at radius 3 is 2.64 bits per heavy atom. The summed E-state index contributed by atoms with van der Waals surface area (Å²) >= 11 is 7.56. The number of fused-ring (bicyclic) bond motifs is 6. The lowest BCUT2D eigenvalue weighted by molar-refractivity contribution is -0.121. The van der Waals surface area contributed by atoms with E-state index in [4.69, 9.17) is 25.7 Å². The van der Waals surface area contributed by atoms with Crippen molar-refractivity contribution in [1.29, 1.82) is 0 Å². The SMILES string of the molecule is CCOc1ccc2nc(N3C(=O)c4oc5ccc(Cl)cc5c(=O)c4C34C(=O)N(Cc3cccc(C)c3)c3ccccc34)sc2c1. The number of carbonyl (C=O) groups is 2. The van der Waals surface area contributed by atoms with E-state index in [0.717, 1.165) is 15.8 Å². The summed E-state index contributed by atoms with van der Waals surface area (Å²) in [6.45, 7) is 4.62. The summed E-state index contributed by atoms with van der Waals surface area (Å²) in [5, 5.41) is 0.779. The molecule has 10 heteroatoms. The highest BCUT2D eigenvalue weighted by atomic mass is 35.5. The lowest BCUT2D eigenvalue weighted by Gasteiger charge is -2.32. The number of aromatic nitrogens is 1. The van der Waals surface area contributed by atoms with E-state index < -0.39 is 22.8 Å². The molecule has 0 saturated carbocycles. The van der Waals surface area contributed by atoms with Crippen molar-refractivity contribution in [1.82, 2.24) is 4.98 Å². The maximum Gasteiger partial charge on any atom is 0.297 e. The molecule has 0 N–H and O–H groups in total. The van der Waals surface area contributed by atoms with Gasteiger partial charge >= 0.3 is 0 Å². The Labute approximate surface area is 266 Å². The van der Waals surface area contributed by atoms with Crippen LogP contribution in [0.1, 0.15) is 39.7 Å². The standard InChI is InChI=1S/C35H24ClN3O5S/c1-3-43-22-12-13-25-28(17-22)45-34(37-25)39-32(41)31-29(30(40)23-16-21(36)11-14-27(23)44-31)35(39)24-9-4-5-10-26(24)38(33(35)42)18-20-8-6-7-19(2)15-20/h4-17H,3,18H2,1-2H3. The van der Waals surface area contributed by atoms with Crippen molar-refractivity contribution < 1.29 is 18.7 Å². The number of nitrogens with zero attached hydrogens (tertiary/aromatic N) is 3. The molecule has 0 aliphatic carbocycles. The van der Waals surface area contributed by atoms with Crippen LogP contribution in [-0.4, -0.2) is 23.4 Å². The molecule has 1 unspecified atom stereocenters. The minimum atomic E-state index is -1.86. The Balaban J connectivity index is 1.43. The van der Waals surface area contributed by atoms with Crippen LogP contribution >= 0.6 is 22.9 Å². The predicted molar refractivity (Wildman–Crippen MR) is 175 cm³/mol. The van der Waals surface area contributed by atoms with Crippen molar-refractivity contribution in [3.8, 4) is 5.75 Å². The summed E-state index contributed by atoms with van der Waals surface area (Å²) in [4.78, 5) is 52.1. The summed E-state index contributed by atoms with van der Waals surface area (Å²) in [5.74, 6) is -0.592. The Hall–Kier alpha value is -4.99. The van der Waals surface area contributed by atoms with E-state index in [1.165, 1.54) is 22.3 Å². The van der Waals surface area contributed by atoms with Gasteiger partial charge in [-0.2, -0.15) is 0 Å². The average Bonchev–Trinajstić information content (AvgIpc) is 3.63. The van der Waals surface area contributed by atoms with E-state index in [1.807, 2.05) is 68.4 Å². The number of hydrogen-bond donors (Lipinski definition) is 0. The van der Waals surface area contributed by atoms with Crippen LogP contribution in [0.3, 0.4) is 0 Å². The van der Waals surface area contributed by atoms with Gasteiger partial charge in [-0.25, -0.2) is 4.98 Å². The Morgan fingerprint density at radius 2 is 1.82 bits per heavy atom. The van der Waals surface area contributed by atoms with Gasteiger partial charge in [0.15, 0.2) is 16.1 Å². The zero-order chi connectivity index (χ0) is 31.0. The molecule has 0 radical (unpaired) electrons. The molecule has 2 aromatic heterocycles. The van der Waals surface area contributed by atoms with Crippen LogP contribution in [0, 0.1) is 6.92 Å². The van der Waals surface area contributed by atoms with Crippen molar-refractivity contribution in [3.63, 3.8) is 0 Å². The highest BCUT2D eigenvalue weighted by molar-refractivity contribution is 7.22. The number of thiazole rings is 1. The van der Waals surface area contributed by atoms with E-state index in [0.29, 0.717) is 34.1 Å². The third-order valence-corrected chi connectivity index (χ3v) is 9.60. The van der Waals surface area contributed by atoms with Gasteiger partial charge in [0.2, 0.25) is 5.76 Å². The molecule has 4 aromatic carbocycles. The van der Waals surface area contributed by atoms with E-state index in [2.05, 4.69) is 0 Å². The Kier molecular flexibility index (Phi) is 6.13. The lowest BCUT2D eigenvalue weighted by Crippen LogP contribution is -2.53. The first-order valence-corrected chi connectivity index (χ1v) is 15.6. The van der Waals surface area contributed by atoms with Gasteiger partial charge in [0, 0.05) is 10.6 Å². The van der Waals surface area contributed by atoms with Crippen molar-refractivity contribution in [2.45, 2.75) is 25.9 Å². The monoisotopic (exact) mass is 633 g/mol. The van der Waals surface area contributed by atoms with Crippen LogP contribution in [0.2, 0.25) is 5.02 Å². The summed E-state index contributed by atoms with van der Waals surface area (Å²) in [6.07, 6.45) is 0. The van der Waals surface area contributed by atoms with E-state index in [-0.39, 0.29) is 34.0 Å². The van der Waals surface area contributed by atoms with E-state index in [1.54, 1.807) is 29.2 Å². The van der Waals surface area contributed by atoms with Crippen molar-refractivity contribution in [2.75, 3.05) is 16.4 Å². The fourth-order valence-corrected chi connectivity index (χ4v) is 7.75. The molecule has 4 heterocycles. The first-order valence-electron chi connectivity index (χ1n) is 14.4. The molecule has 0 saturated heterocycles. The summed E-state index contributed by atoms with van der Waals surface area (Å²) in [6, 6.07) is 25.3. The molecule has 8 rings (SSSR count). The fraction of sp³-hybridized carbons (Fsp3) is 0.143. The fourth-order valence-electron chi connectivity index (χ4n) is 6.53. The van der Waals surface area contributed by atoms with Crippen LogP contribution in [0.4, 0.5) is 10.8 Å². The van der Waals surface area contributed by atoms with Crippen LogP contribution in [-0.2, 0) is 16.9 Å². The Morgan fingerprint density at radius 1 is 0.978 bits per heavy atom. The van der Waals surface area contributed by atoms with Gasteiger partial charge < -0.3 is 14.1 Å². The number of aryl methyl sites for hydroxylation is 1. The van der Waals surface area contributed by atoms with Crippen LogP contribution in [0.15, 0.2) is 94.1 Å². The molecule has 2 aliphatic rings. The molecule has 0 fully saturated rings. The van der Waals surface area contributed by atoms with Crippen molar-refractivity contribution in [2.24, 2.45) is 0 Å². The summed E-state index contributed by atoms with van der Waals surface area (Å²) < 4.78 is 12.6. The van der Waals surface area contributed by atoms with Gasteiger partial charge in [0.25, 0.3) is 11.8 Å². The van der Waals surface area contributed by atoms with Gasteiger partial charge in [-0.3, -0.25) is 19.3 Å². The molecule has 1 atom stereocenters. The number of anilines is 2. The number of rotatable bonds is 5. The first-order chi connectivity index (χ1) is 21.8. The first kappa shape index (κ1) is 27.6. The summed E-state index contributed by atoms with van der Waals surface area (Å²) in [5.41, 5.74) is 1.49. The highest BCUT2D eigenvalue weighted by Gasteiger charge is 2.66. The average molecular weight is 634 g/mol. The van der Waals surface area contributed by atoms with Crippen molar-refractivity contribution >= 4 is 66.8 Å². The van der Waals surface area contributed by atoms with Crippen LogP contribution in [0.5, 0.6) is 5.75 Å². The van der Waals surface area contributed by atoms with Gasteiger partial charge in [-0.05, 0) is 61.9 Å². The van der Waals surface area contributed by atoms with Gasteiger partial charge in [0.1, 0.15) is 11.3 Å². The quantitative estimate of drug-likeness (QED) is 0.199. The molecule has 45 heavy (non-hydrogen) atoms. The number of halogens is 1. The third-order valence-electron chi connectivity index (χ3n) is 8.36. The van der Waals surface area contributed by atoms with E-state index >= 15 is 4.79 Å². The molecule has 6 aromatic rings. The molecule has 222 valence electrons. The maximum absolute atomic E-state index is 15.2. The van der Waals surface area contributed by atoms with Crippen LogP contribution < -0.4 is 20.0 Å². The number of amides is 2. The van der Waals surface area contributed by atoms with Gasteiger partial charge in [-0.15, -0.1) is 0 Å². The largest absolute Gasteiger partial charge is 0.494 e. The zero-order valence-electron chi connectivity index (χ0n) is 24.2. The Bertz CT molecular complexity index is 2300. The molecule has 2 amide bonds. The highest BCUT2D eigenvalue weighted by Crippen LogP contribution is 2.55. The minimum Gasteiger partial charge on any atom is -0.494 e. The van der Waals surface area contributed by atoms with Gasteiger partial charge in [-0.1, -0.05) is 71.0 Å². The number of para-hydroxylation sites is 1. The number of hydrogen-bond acceptors (Lipinski definition) is 7. The second-order valence-electron chi connectivity index (χ2n) is 11.1. The maximum atomic E-state index is 15.2. The molecule has 1 spiro atoms. The topological polar surface area (TPSA) is 93.0 Å². The minimum absolute atomic E-state index is 0.0410. The second kappa shape index (κ2) is 10.0.